The van der Waals surface area contributed by atoms with Gasteiger partial charge >= 0.3 is 0 Å². The van der Waals surface area contributed by atoms with E-state index in [0.29, 0.717) is 27.4 Å². The first kappa shape index (κ1) is 25.6. The number of nitrogens with one attached hydrogen (secondary N) is 1. The summed E-state index contributed by atoms with van der Waals surface area (Å²) in [5.41, 5.74) is 1.92. The van der Waals surface area contributed by atoms with Crippen molar-refractivity contribution in [2.45, 2.75) is 69.3 Å². The monoisotopic (exact) mass is 504 g/mol. The first-order valence-electron chi connectivity index (χ1n) is 11.4. The number of hydrogen-bond donors (Lipinski definition) is 1. The second-order valence-electron chi connectivity index (χ2n) is 8.00. The third-order valence-corrected chi connectivity index (χ3v) is 6.83. The number of halogens is 2. The molecule has 1 heterocycles. The summed E-state index contributed by atoms with van der Waals surface area (Å²) in [5, 5.41) is 13.7. The average Bonchev–Trinajstić information content (AvgIpc) is 3.22. The van der Waals surface area contributed by atoms with Crippen molar-refractivity contribution in [3.8, 4) is 5.69 Å². The van der Waals surface area contributed by atoms with Gasteiger partial charge in [-0.3, -0.25) is 9.36 Å². The van der Waals surface area contributed by atoms with Gasteiger partial charge in [0.25, 0.3) is 0 Å². The average molecular weight is 506 g/mol. The zero-order valence-corrected chi connectivity index (χ0v) is 21.4. The van der Waals surface area contributed by atoms with E-state index in [4.69, 9.17) is 23.2 Å². The van der Waals surface area contributed by atoms with Gasteiger partial charge in [0.2, 0.25) is 5.91 Å². The molecule has 8 heteroatoms. The van der Waals surface area contributed by atoms with Gasteiger partial charge in [-0.05, 0) is 37.1 Å². The van der Waals surface area contributed by atoms with E-state index in [1.54, 1.807) is 23.9 Å². The number of hydrogen-bond acceptors (Lipinski definition) is 4. The summed E-state index contributed by atoms with van der Waals surface area (Å²) >= 11 is 14.2. The Morgan fingerprint density at radius 2 is 1.82 bits per heavy atom. The number of unbranched alkanes of at least 4 members (excludes halogenated alkanes) is 4. The summed E-state index contributed by atoms with van der Waals surface area (Å²) in [7, 11) is 0. The van der Waals surface area contributed by atoms with Crippen molar-refractivity contribution >= 4 is 40.9 Å². The topological polar surface area (TPSA) is 59.8 Å². The van der Waals surface area contributed by atoms with Gasteiger partial charge in [-0.1, -0.05) is 97.9 Å². The highest BCUT2D eigenvalue weighted by Crippen LogP contribution is 2.32. The Kier molecular flexibility index (Phi) is 10.1. The zero-order chi connectivity index (χ0) is 23.6. The number of rotatable bonds is 12. The maximum absolute atomic E-state index is 12.5. The quantitative estimate of drug-likeness (QED) is 0.206. The Hall–Kier alpha value is -2.02. The molecule has 1 atom stereocenters. The van der Waals surface area contributed by atoms with Crippen molar-refractivity contribution in [2.75, 3.05) is 0 Å². The van der Waals surface area contributed by atoms with Crippen LogP contribution in [-0.4, -0.2) is 20.7 Å². The van der Waals surface area contributed by atoms with Gasteiger partial charge in [0.05, 0.1) is 16.8 Å². The number of carbonyl (C=O) groups is 1. The van der Waals surface area contributed by atoms with Crippen LogP contribution in [0.1, 0.15) is 69.8 Å². The summed E-state index contributed by atoms with van der Waals surface area (Å²) in [4.78, 5) is 12.5. The van der Waals surface area contributed by atoms with E-state index in [0.717, 1.165) is 24.3 Å². The standard InChI is InChI=1S/C25H30Cl2N4OS/c1-3-4-5-6-10-13-23(32)28-18(2)24-29-30-25(33-17-19-11-8-7-9-12-19)31(24)22-15-14-20(26)16-21(22)27/h7-9,11-12,14-16,18H,3-6,10,13,17H2,1-2H3,(H,28,32). The summed E-state index contributed by atoms with van der Waals surface area (Å²) in [6, 6.07) is 15.2. The molecule has 1 amide bonds. The molecule has 1 aromatic heterocycles. The highest BCUT2D eigenvalue weighted by Gasteiger charge is 2.22. The molecule has 0 bridgehead atoms. The van der Waals surface area contributed by atoms with Crippen LogP contribution in [0.4, 0.5) is 0 Å². The second kappa shape index (κ2) is 13.0. The van der Waals surface area contributed by atoms with Gasteiger partial charge in [-0.15, -0.1) is 10.2 Å². The molecule has 3 rings (SSSR count). The maximum atomic E-state index is 12.5. The summed E-state index contributed by atoms with van der Waals surface area (Å²) in [6.07, 6.45) is 6.06. The van der Waals surface area contributed by atoms with Gasteiger partial charge in [-0.2, -0.15) is 0 Å². The van der Waals surface area contributed by atoms with E-state index in [1.807, 2.05) is 35.8 Å². The Balaban J connectivity index is 1.78. The lowest BCUT2D eigenvalue weighted by Gasteiger charge is -2.17. The molecule has 0 aliphatic carbocycles. The van der Waals surface area contributed by atoms with Crippen LogP contribution in [0.15, 0.2) is 53.7 Å². The van der Waals surface area contributed by atoms with Crippen molar-refractivity contribution in [3.05, 3.63) is 70.0 Å². The molecule has 0 spiro atoms. The van der Waals surface area contributed by atoms with Crippen molar-refractivity contribution in [1.29, 1.82) is 0 Å². The van der Waals surface area contributed by atoms with E-state index in [9.17, 15) is 4.79 Å². The number of thioether (sulfide) groups is 1. The molecule has 0 saturated heterocycles. The fourth-order valence-corrected chi connectivity index (χ4v) is 4.93. The molecule has 1 unspecified atom stereocenters. The van der Waals surface area contributed by atoms with E-state index in [-0.39, 0.29) is 11.9 Å². The number of benzene rings is 2. The van der Waals surface area contributed by atoms with Crippen LogP contribution >= 0.6 is 35.0 Å². The Morgan fingerprint density at radius 1 is 1.06 bits per heavy atom. The normalized spacial score (nSPS) is 12.0. The smallest absolute Gasteiger partial charge is 0.220 e. The molecule has 3 aromatic rings. The third kappa shape index (κ3) is 7.49. The van der Waals surface area contributed by atoms with Gasteiger partial charge < -0.3 is 5.32 Å². The molecule has 176 valence electrons. The minimum atomic E-state index is -0.321. The predicted octanol–water partition coefficient (Wildman–Crippen LogP) is 7.40. The molecule has 0 aliphatic heterocycles. The van der Waals surface area contributed by atoms with E-state index in [2.05, 4.69) is 34.6 Å². The number of amides is 1. The Bertz CT molecular complexity index is 1040. The largest absolute Gasteiger partial charge is 0.346 e. The summed E-state index contributed by atoms with van der Waals surface area (Å²) in [6.45, 7) is 4.11. The molecular formula is C25H30Cl2N4OS. The molecule has 5 nitrogen and oxygen atoms in total. The molecule has 0 fully saturated rings. The first-order valence-corrected chi connectivity index (χ1v) is 13.1. The zero-order valence-electron chi connectivity index (χ0n) is 19.1. The lowest BCUT2D eigenvalue weighted by molar-refractivity contribution is -0.121. The molecule has 0 radical (unpaired) electrons. The van der Waals surface area contributed by atoms with E-state index < -0.39 is 0 Å². The van der Waals surface area contributed by atoms with Crippen molar-refractivity contribution < 1.29 is 4.79 Å². The van der Waals surface area contributed by atoms with Crippen LogP contribution in [0.25, 0.3) is 5.69 Å². The Morgan fingerprint density at radius 3 is 2.55 bits per heavy atom. The molecule has 0 saturated carbocycles. The molecule has 1 N–H and O–H groups in total. The van der Waals surface area contributed by atoms with E-state index >= 15 is 0 Å². The number of aromatic nitrogens is 3. The fourth-order valence-electron chi connectivity index (χ4n) is 3.53. The molecule has 0 aliphatic rings. The Labute approximate surface area is 210 Å². The fraction of sp³-hybridized carbons (Fsp3) is 0.400. The van der Waals surface area contributed by atoms with Crippen LogP contribution in [-0.2, 0) is 10.5 Å². The highest BCUT2D eigenvalue weighted by molar-refractivity contribution is 7.98. The molecule has 33 heavy (non-hydrogen) atoms. The number of nitrogens with zero attached hydrogens (tertiary/aromatic N) is 3. The maximum Gasteiger partial charge on any atom is 0.220 e. The molecular weight excluding hydrogens is 475 g/mol. The minimum Gasteiger partial charge on any atom is -0.346 e. The van der Waals surface area contributed by atoms with Crippen LogP contribution in [0.5, 0.6) is 0 Å². The first-order chi connectivity index (χ1) is 16.0. The third-order valence-electron chi connectivity index (χ3n) is 5.29. The van der Waals surface area contributed by atoms with Crippen LogP contribution in [0.3, 0.4) is 0 Å². The minimum absolute atomic E-state index is 0.0224. The SMILES string of the molecule is CCCCCCCC(=O)NC(C)c1nnc(SCc2ccccc2)n1-c1ccc(Cl)cc1Cl. The van der Waals surface area contributed by atoms with Gasteiger partial charge in [0.15, 0.2) is 11.0 Å². The highest BCUT2D eigenvalue weighted by atomic mass is 35.5. The van der Waals surface area contributed by atoms with Crippen LogP contribution in [0.2, 0.25) is 10.0 Å². The van der Waals surface area contributed by atoms with Crippen molar-refractivity contribution in [2.24, 2.45) is 0 Å². The van der Waals surface area contributed by atoms with Crippen LogP contribution in [0, 0.1) is 0 Å². The molecule has 2 aromatic carbocycles. The second-order valence-corrected chi connectivity index (χ2v) is 9.79. The van der Waals surface area contributed by atoms with Crippen molar-refractivity contribution in [1.82, 2.24) is 20.1 Å². The predicted molar refractivity (Wildman–Crippen MR) is 137 cm³/mol. The summed E-state index contributed by atoms with van der Waals surface area (Å²) < 4.78 is 1.92. The van der Waals surface area contributed by atoms with Crippen molar-refractivity contribution in [3.63, 3.8) is 0 Å². The van der Waals surface area contributed by atoms with Gasteiger partial charge in [0, 0.05) is 17.2 Å². The summed E-state index contributed by atoms with van der Waals surface area (Å²) in [5.74, 6) is 1.39. The van der Waals surface area contributed by atoms with Crippen LogP contribution < -0.4 is 5.32 Å². The number of carbonyl (C=O) groups excluding carboxylic acids is 1. The van der Waals surface area contributed by atoms with Gasteiger partial charge in [-0.25, -0.2) is 0 Å². The van der Waals surface area contributed by atoms with E-state index in [1.165, 1.54) is 24.8 Å². The van der Waals surface area contributed by atoms with Gasteiger partial charge in [0.1, 0.15) is 0 Å². The lowest BCUT2D eigenvalue weighted by atomic mass is 10.1. The lowest BCUT2D eigenvalue weighted by Crippen LogP contribution is -2.28.